The minimum absolute atomic E-state index is 0.234. The van der Waals surface area contributed by atoms with Gasteiger partial charge in [-0.3, -0.25) is 0 Å². The van der Waals surface area contributed by atoms with Gasteiger partial charge in [-0.05, 0) is 51.5 Å². The molecule has 1 aliphatic heterocycles. The summed E-state index contributed by atoms with van der Waals surface area (Å²) in [5.41, 5.74) is 0.519. The molecule has 0 aromatic heterocycles. The van der Waals surface area contributed by atoms with Crippen LogP contribution in [0.1, 0.15) is 45.6 Å². The summed E-state index contributed by atoms with van der Waals surface area (Å²) >= 11 is 0. The Kier molecular flexibility index (Phi) is 7.51. The van der Waals surface area contributed by atoms with Gasteiger partial charge in [0.2, 0.25) is 0 Å². The first-order chi connectivity index (χ1) is 12.7. The monoisotopic (exact) mass is 376 g/mol. The van der Waals surface area contributed by atoms with E-state index in [1.54, 1.807) is 16.8 Å². The highest BCUT2D eigenvalue weighted by Gasteiger charge is 2.27. The van der Waals surface area contributed by atoms with Crippen LogP contribution in [0.3, 0.4) is 0 Å². The number of likely N-dealkylation sites (tertiary alicyclic amines) is 1. The van der Waals surface area contributed by atoms with Gasteiger partial charge < -0.3 is 19.3 Å². The third-order valence-corrected chi connectivity index (χ3v) is 4.66. The van der Waals surface area contributed by atoms with Gasteiger partial charge in [0.25, 0.3) is 0 Å². The number of carbonyl (C=O) groups is 2. The molecule has 0 bridgehead atoms. The van der Waals surface area contributed by atoms with Crippen molar-refractivity contribution in [2.24, 2.45) is 5.92 Å². The van der Waals surface area contributed by atoms with Gasteiger partial charge in [-0.15, -0.1) is 0 Å². The molecule has 1 heterocycles. The predicted octanol–water partition coefficient (Wildman–Crippen LogP) is 4.29. The first kappa shape index (κ1) is 21.1. The molecule has 1 aromatic rings. The van der Waals surface area contributed by atoms with Crippen molar-refractivity contribution in [3.63, 3.8) is 0 Å². The molecule has 6 nitrogen and oxygen atoms in total. The van der Waals surface area contributed by atoms with Gasteiger partial charge in [-0.25, -0.2) is 9.59 Å². The number of nitrogens with zero attached hydrogens (tertiary/aromatic N) is 2. The second-order valence-electron chi connectivity index (χ2n) is 8.16. The lowest BCUT2D eigenvalue weighted by atomic mass is 9.93. The summed E-state index contributed by atoms with van der Waals surface area (Å²) in [6.07, 6.45) is 2.25. The van der Waals surface area contributed by atoms with Crippen LogP contribution in [0.2, 0.25) is 0 Å². The minimum Gasteiger partial charge on any atom is -0.445 e. The zero-order valence-corrected chi connectivity index (χ0v) is 16.9. The van der Waals surface area contributed by atoms with Crippen LogP contribution < -0.4 is 0 Å². The number of benzene rings is 1. The van der Waals surface area contributed by atoms with Crippen molar-refractivity contribution in [2.45, 2.75) is 52.2 Å². The van der Waals surface area contributed by atoms with Crippen LogP contribution in [0.25, 0.3) is 0 Å². The van der Waals surface area contributed by atoms with Gasteiger partial charge in [-0.2, -0.15) is 0 Å². The number of amides is 2. The van der Waals surface area contributed by atoms with Crippen LogP contribution in [0, 0.1) is 5.92 Å². The molecule has 0 saturated carbocycles. The molecular weight excluding hydrogens is 344 g/mol. The second kappa shape index (κ2) is 9.62. The van der Waals surface area contributed by atoms with E-state index in [1.807, 2.05) is 51.1 Å². The lowest BCUT2D eigenvalue weighted by Gasteiger charge is -2.33. The van der Waals surface area contributed by atoms with E-state index in [4.69, 9.17) is 9.47 Å². The number of hydrogen-bond donors (Lipinski definition) is 0. The molecule has 0 spiro atoms. The van der Waals surface area contributed by atoms with Crippen LogP contribution in [-0.4, -0.2) is 54.3 Å². The molecule has 0 radical (unpaired) electrons. The topological polar surface area (TPSA) is 59.1 Å². The molecule has 2 amide bonds. The third-order valence-electron chi connectivity index (χ3n) is 4.66. The summed E-state index contributed by atoms with van der Waals surface area (Å²) in [6.45, 7) is 8.01. The Morgan fingerprint density at radius 2 is 1.78 bits per heavy atom. The summed E-state index contributed by atoms with van der Waals surface area (Å²) in [6, 6.07) is 9.66. The standard InChI is InChI=1S/C21H32N2O4/c1-21(2,3)27-20(25)23-14-11-17(12-15-23)10-13-22(4)19(24)26-16-18-8-6-5-7-9-18/h5-9,17H,10-16H2,1-4H3. The number of hydrogen-bond acceptors (Lipinski definition) is 4. The molecule has 0 atom stereocenters. The maximum atomic E-state index is 12.1. The predicted molar refractivity (Wildman–Crippen MR) is 104 cm³/mol. The lowest BCUT2D eigenvalue weighted by molar-refractivity contribution is 0.0178. The van der Waals surface area contributed by atoms with Gasteiger partial charge in [0.05, 0.1) is 0 Å². The molecule has 1 aliphatic rings. The van der Waals surface area contributed by atoms with E-state index in [-0.39, 0.29) is 18.8 Å². The molecule has 1 saturated heterocycles. The van der Waals surface area contributed by atoms with Crippen molar-refractivity contribution >= 4 is 12.2 Å². The summed E-state index contributed by atoms with van der Waals surface area (Å²) in [5, 5.41) is 0. The largest absolute Gasteiger partial charge is 0.445 e. The van der Waals surface area contributed by atoms with E-state index in [1.165, 1.54) is 0 Å². The zero-order chi connectivity index (χ0) is 19.9. The molecule has 27 heavy (non-hydrogen) atoms. The van der Waals surface area contributed by atoms with E-state index < -0.39 is 5.60 Å². The van der Waals surface area contributed by atoms with Crippen molar-refractivity contribution in [2.75, 3.05) is 26.7 Å². The number of ether oxygens (including phenoxy) is 2. The van der Waals surface area contributed by atoms with E-state index in [2.05, 4.69) is 0 Å². The lowest BCUT2D eigenvalue weighted by Crippen LogP contribution is -2.42. The molecule has 150 valence electrons. The van der Waals surface area contributed by atoms with Crippen molar-refractivity contribution < 1.29 is 19.1 Å². The van der Waals surface area contributed by atoms with Crippen molar-refractivity contribution in [3.8, 4) is 0 Å². The van der Waals surface area contributed by atoms with Gasteiger partial charge >= 0.3 is 12.2 Å². The van der Waals surface area contributed by atoms with E-state index in [0.717, 1.165) is 24.8 Å². The highest BCUT2D eigenvalue weighted by atomic mass is 16.6. The molecule has 1 fully saturated rings. The fourth-order valence-electron chi connectivity index (χ4n) is 3.03. The van der Waals surface area contributed by atoms with Crippen molar-refractivity contribution in [1.29, 1.82) is 0 Å². The maximum Gasteiger partial charge on any atom is 0.410 e. The van der Waals surface area contributed by atoms with Crippen molar-refractivity contribution in [1.82, 2.24) is 9.80 Å². The summed E-state index contributed by atoms with van der Waals surface area (Å²) in [4.78, 5) is 27.6. The molecule has 0 N–H and O–H groups in total. The first-order valence-corrected chi connectivity index (χ1v) is 9.64. The number of piperidine rings is 1. The van der Waals surface area contributed by atoms with Crippen molar-refractivity contribution in [3.05, 3.63) is 35.9 Å². The van der Waals surface area contributed by atoms with Gasteiger partial charge in [0.15, 0.2) is 0 Å². The zero-order valence-electron chi connectivity index (χ0n) is 16.9. The Labute approximate surface area is 162 Å². The molecule has 0 aliphatic carbocycles. The highest BCUT2D eigenvalue weighted by Crippen LogP contribution is 2.22. The first-order valence-electron chi connectivity index (χ1n) is 9.64. The molecule has 6 heteroatoms. The molecule has 0 unspecified atom stereocenters. The van der Waals surface area contributed by atoms with Crippen LogP contribution in [0.5, 0.6) is 0 Å². The number of carbonyl (C=O) groups excluding carboxylic acids is 2. The van der Waals surface area contributed by atoms with Crippen LogP contribution in [0.4, 0.5) is 9.59 Å². The van der Waals surface area contributed by atoms with Crippen LogP contribution >= 0.6 is 0 Å². The Morgan fingerprint density at radius 3 is 2.37 bits per heavy atom. The molecular formula is C21H32N2O4. The smallest absolute Gasteiger partial charge is 0.410 e. The van der Waals surface area contributed by atoms with Gasteiger partial charge in [-0.1, -0.05) is 30.3 Å². The Hall–Kier alpha value is -2.24. The van der Waals surface area contributed by atoms with Gasteiger partial charge in [0, 0.05) is 26.7 Å². The minimum atomic E-state index is -0.462. The maximum absolute atomic E-state index is 12.1. The van der Waals surface area contributed by atoms with Crippen LogP contribution in [-0.2, 0) is 16.1 Å². The van der Waals surface area contributed by atoms with E-state index in [9.17, 15) is 9.59 Å². The Balaban J connectivity index is 1.65. The Morgan fingerprint density at radius 1 is 1.15 bits per heavy atom. The quantitative estimate of drug-likeness (QED) is 0.769. The average molecular weight is 376 g/mol. The summed E-state index contributed by atoms with van der Waals surface area (Å²) in [5.74, 6) is 0.507. The average Bonchev–Trinajstić information content (AvgIpc) is 2.64. The molecule has 2 rings (SSSR count). The summed E-state index contributed by atoms with van der Waals surface area (Å²) in [7, 11) is 1.77. The fourth-order valence-corrected chi connectivity index (χ4v) is 3.03. The Bertz CT molecular complexity index is 604. The van der Waals surface area contributed by atoms with Crippen LogP contribution in [0.15, 0.2) is 30.3 Å². The fraction of sp³-hybridized carbons (Fsp3) is 0.619. The third kappa shape index (κ3) is 7.49. The molecule has 1 aromatic carbocycles. The van der Waals surface area contributed by atoms with E-state index >= 15 is 0 Å². The summed E-state index contributed by atoms with van der Waals surface area (Å²) < 4.78 is 10.8. The van der Waals surface area contributed by atoms with E-state index in [0.29, 0.717) is 25.6 Å². The second-order valence-corrected chi connectivity index (χ2v) is 8.16. The number of rotatable bonds is 5. The normalized spacial score (nSPS) is 15.3. The SMILES string of the molecule is CN(CCC1CCN(C(=O)OC(C)(C)C)CC1)C(=O)OCc1ccccc1. The highest BCUT2D eigenvalue weighted by molar-refractivity contribution is 5.68. The van der Waals surface area contributed by atoms with Gasteiger partial charge in [0.1, 0.15) is 12.2 Å².